The minimum Gasteiger partial charge on any atom is -0.462 e. The van der Waals surface area contributed by atoms with Crippen LogP contribution in [-0.2, 0) is 32.0 Å². The normalized spacial score (nSPS) is 13.0. The lowest BCUT2D eigenvalue weighted by Crippen LogP contribution is -2.47. The number of halogens is 1. The van der Waals surface area contributed by atoms with E-state index in [1.807, 2.05) is 24.0 Å². The molecule has 1 saturated heterocycles. The Balaban J connectivity index is 1.39. The van der Waals surface area contributed by atoms with Crippen molar-refractivity contribution < 1.29 is 42.9 Å². The molecule has 0 radical (unpaired) electrons. The van der Waals surface area contributed by atoms with Crippen molar-refractivity contribution in [3.63, 3.8) is 0 Å². The Bertz CT molecular complexity index is 1970. The van der Waals surface area contributed by atoms with Gasteiger partial charge in [-0.25, -0.2) is 24.2 Å². The SMILES string of the molecule is CCCCOC(=O)c1cccc(CN(CCN2CCCCC2)C(=O)CCc2ccc(OC(=O)c3ccc(N=C(NC(=O)OC(C)(C)C)NC(=O)OC(C)(C)C)cc3)cc2Cl)c1. The van der Waals surface area contributed by atoms with E-state index in [1.165, 1.54) is 36.8 Å². The fourth-order valence-corrected chi connectivity index (χ4v) is 6.46. The van der Waals surface area contributed by atoms with Gasteiger partial charge in [0, 0.05) is 31.1 Å². The number of nitrogens with zero attached hydrogens (tertiary/aromatic N) is 3. The van der Waals surface area contributed by atoms with E-state index in [9.17, 15) is 24.0 Å². The Morgan fingerprint density at radius 2 is 1.46 bits per heavy atom. The summed E-state index contributed by atoms with van der Waals surface area (Å²) in [5, 5.41) is 5.18. The second kappa shape index (κ2) is 22.9. The Morgan fingerprint density at radius 3 is 2.07 bits per heavy atom. The maximum absolute atomic E-state index is 13.8. The molecule has 3 aromatic rings. The molecule has 1 aliphatic rings. The van der Waals surface area contributed by atoms with Crippen molar-refractivity contribution in [2.24, 2.45) is 4.99 Å². The monoisotopic (exact) mass is 861 g/mol. The van der Waals surface area contributed by atoms with Crippen molar-refractivity contribution in [2.45, 2.75) is 111 Å². The van der Waals surface area contributed by atoms with Crippen LogP contribution in [0.25, 0.3) is 0 Å². The zero-order valence-electron chi connectivity index (χ0n) is 36.4. The van der Waals surface area contributed by atoms with E-state index < -0.39 is 29.4 Å². The number of hydrogen-bond donors (Lipinski definition) is 2. The number of aliphatic imine (C=N–C) groups is 1. The molecule has 15 heteroatoms. The average molecular weight is 862 g/mol. The van der Waals surface area contributed by atoms with Crippen LogP contribution in [0.2, 0.25) is 5.02 Å². The summed E-state index contributed by atoms with van der Waals surface area (Å²) in [5.41, 5.74) is 0.924. The summed E-state index contributed by atoms with van der Waals surface area (Å²) in [6, 6.07) is 18.1. The molecular weight excluding hydrogens is 802 g/mol. The van der Waals surface area contributed by atoms with Gasteiger partial charge in [0.05, 0.1) is 23.4 Å². The minimum absolute atomic E-state index is 0.0411. The van der Waals surface area contributed by atoms with Crippen LogP contribution in [0.5, 0.6) is 5.75 Å². The molecule has 0 aromatic heterocycles. The predicted octanol–water partition coefficient (Wildman–Crippen LogP) is 9.00. The number of ether oxygens (including phenoxy) is 4. The van der Waals surface area contributed by atoms with Crippen LogP contribution in [0, 0.1) is 0 Å². The summed E-state index contributed by atoms with van der Waals surface area (Å²) in [6.45, 7) is 16.3. The molecule has 3 aromatic carbocycles. The van der Waals surface area contributed by atoms with Gasteiger partial charge in [-0.1, -0.05) is 49.6 Å². The third-order valence-corrected chi connectivity index (χ3v) is 9.53. The predicted molar refractivity (Wildman–Crippen MR) is 234 cm³/mol. The van der Waals surface area contributed by atoms with Crippen LogP contribution in [0.4, 0.5) is 15.3 Å². The van der Waals surface area contributed by atoms with Gasteiger partial charge in [0.25, 0.3) is 0 Å². The molecule has 2 N–H and O–H groups in total. The lowest BCUT2D eigenvalue weighted by atomic mass is 10.1. The molecule has 14 nitrogen and oxygen atoms in total. The van der Waals surface area contributed by atoms with Crippen molar-refractivity contribution in [1.82, 2.24) is 20.4 Å². The first kappa shape index (κ1) is 48.2. The second-order valence-corrected chi connectivity index (χ2v) is 17.2. The first-order valence-corrected chi connectivity index (χ1v) is 21.2. The number of piperidine rings is 1. The molecule has 4 rings (SSSR count). The molecule has 0 saturated carbocycles. The van der Waals surface area contributed by atoms with Gasteiger partial charge in [-0.15, -0.1) is 0 Å². The number of rotatable bonds is 15. The number of likely N-dealkylation sites (tertiary alicyclic amines) is 1. The van der Waals surface area contributed by atoms with Crippen LogP contribution in [0.1, 0.15) is 119 Å². The maximum Gasteiger partial charge on any atom is 0.414 e. The van der Waals surface area contributed by atoms with Gasteiger partial charge >= 0.3 is 24.1 Å². The van der Waals surface area contributed by atoms with Gasteiger partial charge in [-0.3, -0.25) is 15.4 Å². The number of carbonyl (C=O) groups excluding carboxylic acids is 5. The highest BCUT2D eigenvalue weighted by molar-refractivity contribution is 6.31. The van der Waals surface area contributed by atoms with Crippen LogP contribution < -0.4 is 15.4 Å². The quantitative estimate of drug-likeness (QED) is 0.0376. The first-order valence-electron chi connectivity index (χ1n) is 20.8. The Labute approximate surface area is 364 Å². The number of esters is 2. The van der Waals surface area contributed by atoms with E-state index in [1.54, 1.807) is 65.8 Å². The standard InChI is InChI=1S/C46H60ClN5O9/c1-8-9-28-58-40(54)35-15-13-14-32(29-35)31-52(27-26-51-24-11-10-12-25-51)39(53)23-19-33-18-22-37(30-38(33)47)59-41(55)34-16-20-36(21-17-34)48-42(49-43(56)60-45(2,3)4)50-44(57)61-46(5,6)7/h13-18,20-22,29-30H,8-12,19,23-28,31H2,1-7H3,(H2,48,49,50,56,57). The summed E-state index contributed by atoms with van der Waals surface area (Å²) in [5.74, 6) is -1.10. The highest BCUT2D eigenvalue weighted by Crippen LogP contribution is 2.26. The third kappa shape index (κ3) is 17.6. The molecule has 1 aliphatic heterocycles. The van der Waals surface area contributed by atoms with Gasteiger partial charge in [-0.05, 0) is 140 Å². The molecule has 330 valence electrons. The van der Waals surface area contributed by atoms with Gasteiger partial charge < -0.3 is 28.7 Å². The average Bonchev–Trinajstić information content (AvgIpc) is 3.18. The number of guanidine groups is 1. The number of alkyl carbamates (subject to hydrolysis) is 2. The van der Waals surface area contributed by atoms with E-state index in [-0.39, 0.29) is 35.6 Å². The van der Waals surface area contributed by atoms with Crippen LogP contribution in [-0.4, -0.2) is 89.8 Å². The lowest BCUT2D eigenvalue weighted by molar-refractivity contribution is -0.132. The van der Waals surface area contributed by atoms with E-state index in [4.69, 9.17) is 30.5 Å². The molecule has 1 heterocycles. The largest absolute Gasteiger partial charge is 0.462 e. The van der Waals surface area contributed by atoms with E-state index in [2.05, 4.69) is 20.5 Å². The summed E-state index contributed by atoms with van der Waals surface area (Å²) in [6.07, 6.45) is 4.13. The minimum atomic E-state index is -0.843. The van der Waals surface area contributed by atoms with Gasteiger partial charge in [-0.2, -0.15) is 0 Å². The van der Waals surface area contributed by atoms with Crippen LogP contribution >= 0.6 is 11.6 Å². The Kier molecular flexibility index (Phi) is 18.1. The zero-order chi connectivity index (χ0) is 44.6. The van der Waals surface area contributed by atoms with E-state index >= 15 is 0 Å². The second-order valence-electron chi connectivity index (χ2n) is 16.8. The Morgan fingerprint density at radius 1 is 0.803 bits per heavy atom. The number of carbonyl (C=O) groups is 5. The van der Waals surface area contributed by atoms with Crippen molar-refractivity contribution >= 4 is 53.3 Å². The Hall–Kier alpha value is -5.47. The van der Waals surface area contributed by atoms with Gasteiger partial charge in [0.1, 0.15) is 17.0 Å². The number of hydrogen-bond acceptors (Lipinski definition) is 11. The van der Waals surface area contributed by atoms with Crippen molar-refractivity contribution in [1.29, 1.82) is 0 Å². The van der Waals surface area contributed by atoms with Crippen LogP contribution in [0.15, 0.2) is 71.7 Å². The van der Waals surface area contributed by atoms with Gasteiger partial charge in [0.15, 0.2) is 0 Å². The van der Waals surface area contributed by atoms with Crippen molar-refractivity contribution in [3.8, 4) is 5.75 Å². The fraction of sp³-hybridized carbons (Fsp3) is 0.478. The number of nitrogens with one attached hydrogen (secondary N) is 2. The first-order chi connectivity index (χ1) is 28.9. The number of amides is 3. The topological polar surface area (TPSA) is 165 Å². The summed E-state index contributed by atoms with van der Waals surface area (Å²) >= 11 is 6.66. The molecule has 0 bridgehead atoms. The molecule has 1 fully saturated rings. The summed E-state index contributed by atoms with van der Waals surface area (Å²) in [4.78, 5) is 73.0. The van der Waals surface area contributed by atoms with Crippen LogP contribution in [0.3, 0.4) is 0 Å². The zero-order valence-corrected chi connectivity index (χ0v) is 37.2. The lowest BCUT2D eigenvalue weighted by Gasteiger charge is -2.30. The molecule has 0 aliphatic carbocycles. The van der Waals surface area contributed by atoms with Crippen molar-refractivity contribution in [3.05, 3.63) is 94.0 Å². The number of aryl methyl sites for hydroxylation is 1. The molecule has 0 spiro atoms. The molecule has 0 atom stereocenters. The molecule has 3 amide bonds. The maximum atomic E-state index is 13.8. The number of unbranched alkanes of at least 4 members (excludes halogenated alkanes) is 1. The summed E-state index contributed by atoms with van der Waals surface area (Å²) in [7, 11) is 0. The highest BCUT2D eigenvalue weighted by Gasteiger charge is 2.23. The van der Waals surface area contributed by atoms with E-state index in [0.717, 1.165) is 56.4 Å². The highest BCUT2D eigenvalue weighted by atomic mass is 35.5. The fourth-order valence-electron chi connectivity index (χ4n) is 6.20. The van der Waals surface area contributed by atoms with E-state index in [0.29, 0.717) is 42.4 Å². The van der Waals surface area contributed by atoms with Gasteiger partial charge in [0.2, 0.25) is 11.9 Å². The smallest absolute Gasteiger partial charge is 0.414 e. The molecule has 0 unspecified atom stereocenters. The molecular formula is C46H60ClN5O9. The van der Waals surface area contributed by atoms with Crippen molar-refractivity contribution in [2.75, 3.05) is 32.8 Å². The summed E-state index contributed by atoms with van der Waals surface area (Å²) < 4.78 is 21.6. The molecule has 61 heavy (non-hydrogen) atoms. The number of benzene rings is 3. The third-order valence-electron chi connectivity index (χ3n) is 9.18.